The number of thiophene rings is 1. The molecule has 27 heavy (non-hydrogen) atoms. The smallest absolute Gasteiger partial charge is 0.251 e. The van der Waals surface area contributed by atoms with E-state index in [1.54, 1.807) is 23.5 Å². The molecule has 6 nitrogen and oxygen atoms in total. The Kier molecular flexibility index (Phi) is 6.00. The van der Waals surface area contributed by atoms with Crippen molar-refractivity contribution in [1.82, 2.24) is 9.62 Å². The number of ether oxygens (including phenoxy) is 1. The van der Waals surface area contributed by atoms with E-state index in [1.807, 2.05) is 0 Å². The molecule has 3 rings (SSSR count). The number of carbonyl (C=O) groups excluding carboxylic acids is 1. The molecule has 1 N–H and O–H groups in total. The molecule has 0 aliphatic carbocycles. The highest BCUT2D eigenvalue weighted by Gasteiger charge is 2.35. The maximum Gasteiger partial charge on any atom is 0.251 e. The monoisotopic (exact) mass is 408 g/mol. The van der Waals surface area contributed by atoms with Crippen LogP contribution in [0, 0.1) is 0 Å². The molecule has 1 amide bonds. The molecule has 1 aliphatic rings. The SMILES string of the molecule is CN(C)S(=O)(=O)c1ccc(C(=O)NCC2(c3ccsc3)CCOCC2)cc1. The Morgan fingerprint density at radius 3 is 2.41 bits per heavy atom. The van der Waals surface area contributed by atoms with E-state index in [4.69, 9.17) is 4.74 Å². The molecule has 0 radical (unpaired) electrons. The fraction of sp³-hybridized carbons (Fsp3) is 0.421. The Morgan fingerprint density at radius 1 is 1.19 bits per heavy atom. The van der Waals surface area contributed by atoms with Crippen LogP contribution >= 0.6 is 11.3 Å². The lowest BCUT2D eigenvalue weighted by Gasteiger charge is -2.37. The Labute approximate surface area is 164 Å². The van der Waals surface area contributed by atoms with E-state index in [0.717, 1.165) is 17.1 Å². The largest absolute Gasteiger partial charge is 0.381 e. The summed E-state index contributed by atoms with van der Waals surface area (Å²) in [6, 6.07) is 8.14. The van der Waals surface area contributed by atoms with Crippen LogP contribution in [0.1, 0.15) is 28.8 Å². The first-order valence-corrected chi connectivity index (χ1v) is 11.1. The summed E-state index contributed by atoms with van der Waals surface area (Å²) in [5, 5.41) is 7.22. The third-order valence-electron chi connectivity index (χ3n) is 5.07. The van der Waals surface area contributed by atoms with Crippen molar-refractivity contribution < 1.29 is 17.9 Å². The van der Waals surface area contributed by atoms with Gasteiger partial charge in [-0.25, -0.2) is 12.7 Å². The summed E-state index contributed by atoms with van der Waals surface area (Å²) in [5.74, 6) is -0.204. The molecule has 146 valence electrons. The normalized spacial score (nSPS) is 17.0. The van der Waals surface area contributed by atoms with E-state index >= 15 is 0 Å². The summed E-state index contributed by atoms with van der Waals surface area (Å²) in [4.78, 5) is 12.8. The third-order valence-corrected chi connectivity index (χ3v) is 7.58. The summed E-state index contributed by atoms with van der Waals surface area (Å²) in [5.41, 5.74) is 1.58. The van der Waals surface area contributed by atoms with Crippen molar-refractivity contribution in [3.8, 4) is 0 Å². The molecule has 0 atom stereocenters. The molecule has 0 unspecified atom stereocenters. The highest BCUT2D eigenvalue weighted by Crippen LogP contribution is 2.35. The zero-order chi connectivity index (χ0) is 19.5. The predicted molar refractivity (Wildman–Crippen MR) is 106 cm³/mol. The van der Waals surface area contributed by atoms with Crippen molar-refractivity contribution in [2.75, 3.05) is 33.9 Å². The van der Waals surface area contributed by atoms with Crippen molar-refractivity contribution in [1.29, 1.82) is 0 Å². The molecular weight excluding hydrogens is 384 g/mol. The van der Waals surface area contributed by atoms with Crippen LogP contribution in [-0.2, 0) is 20.2 Å². The molecule has 1 fully saturated rings. The summed E-state index contributed by atoms with van der Waals surface area (Å²) in [7, 11) is -0.540. The van der Waals surface area contributed by atoms with Crippen LogP contribution < -0.4 is 5.32 Å². The average molecular weight is 409 g/mol. The summed E-state index contributed by atoms with van der Waals surface area (Å²) < 4.78 is 30.9. The average Bonchev–Trinajstić information content (AvgIpc) is 3.22. The number of sulfonamides is 1. The van der Waals surface area contributed by atoms with Gasteiger partial charge in [-0.15, -0.1) is 0 Å². The second-order valence-electron chi connectivity index (χ2n) is 6.90. The maximum absolute atomic E-state index is 12.6. The van der Waals surface area contributed by atoms with E-state index in [9.17, 15) is 13.2 Å². The fourth-order valence-corrected chi connectivity index (χ4v) is 4.92. The molecule has 0 spiro atoms. The first-order valence-electron chi connectivity index (χ1n) is 8.76. The van der Waals surface area contributed by atoms with E-state index < -0.39 is 10.0 Å². The van der Waals surface area contributed by atoms with Gasteiger partial charge in [0.15, 0.2) is 0 Å². The van der Waals surface area contributed by atoms with Crippen molar-refractivity contribution in [3.63, 3.8) is 0 Å². The Hall–Kier alpha value is -1.74. The molecule has 1 saturated heterocycles. The van der Waals surface area contributed by atoms with Gasteiger partial charge in [0.05, 0.1) is 4.90 Å². The van der Waals surface area contributed by atoms with Crippen LogP contribution in [0.2, 0.25) is 0 Å². The number of hydrogen-bond acceptors (Lipinski definition) is 5. The summed E-state index contributed by atoms with van der Waals surface area (Å²) in [6.07, 6.45) is 1.73. The number of rotatable bonds is 6. The minimum Gasteiger partial charge on any atom is -0.381 e. The third kappa shape index (κ3) is 4.24. The number of nitrogens with zero attached hydrogens (tertiary/aromatic N) is 1. The lowest BCUT2D eigenvalue weighted by molar-refractivity contribution is 0.0488. The van der Waals surface area contributed by atoms with Gasteiger partial charge in [0.25, 0.3) is 5.91 Å². The zero-order valence-electron chi connectivity index (χ0n) is 15.5. The first-order chi connectivity index (χ1) is 12.8. The molecule has 2 aromatic rings. The second kappa shape index (κ2) is 8.10. The topological polar surface area (TPSA) is 75.7 Å². The Morgan fingerprint density at radius 2 is 1.85 bits per heavy atom. The lowest BCUT2D eigenvalue weighted by atomic mass is 9.75. The van der Waals surface area contributed by atoms with Crippen LogP contribution in [0.25, 0.3) is 0 Å². The maximum atomic E-state index is 12.6. The van der Waals surface area contributed by atoms with E-state index in [1.165, 1.54) is 31.8 Å². The van der Waals surface area contributed by atoms with Gasteiger partial charge in [0.1, 0.15) is 0 Å². The quantitative estimate of drug-likeness (QED) is 0.797. The van der Waals surface area contributed by atoms with Gasteiger partial charge in [-0.2, -0.15) is 11.3 Å². The molecule has 8 heteroatoms. The van der Waals surface area contributed by atoms with E-state index in [-0.39, 0.29) is 16.2 Å². The fourth-order valence-electron chi connectivity index (χ4n) is 3.24. The van der Waals surface area contributed by atoms with Gasteiger partial charge in [-0.1, -0.05) is 0 Å². The highest BCUT2D eigenvalue weighted by molar-refractivity contribution is 7.89. The molecule has 2 heterocycles. The number of hydrogen-bond donors (Lipinski definition) is 1. The summed E-state index contributed by atoms with van der Waals surface area (Å²) >= 11 is 1.65. The van der Waals surface area contributed by atoms with Gasteiger partial charge in [-0.3, -0.25) is 4.79 Å². The van der Waals surface area contributed by atoms with Gasteiger partial charge >= 0.3 is 0 Å². The van der Waals surface area contributed by atoms with Crippen LogP contribution in [0.4, 0.5) is 0 Å². The van der Waals surface area contributed by atoms with Crippen molar-refractivity contribution in [3.05, 3.63) is 52.2 Å². The Bertz CT molecular complexity index is 869. The number of nitrogens with one attached hydrogen (secondary N) is 1. The molecule has 0 bridgehead atoms. The summed E-state index contributed by atoms with van der Waals surface area (Å²) in [6.45, 7) is 1.90. The van der Waals surface area contributed by atoms with E-state index in [0.29, 0.717) is 25.3 Å². The number of carbonyl (C=O) groups is 1. The second-order valence-corrected chi connectivity index (χ2v) is 9.83. The van der Waals surface area contributed by atoms with Gasteiger partial charge in [0, 0.05) is 44.8 Å². The molecular formula is C19H24N2O4S2. The van der Waals surface area contributed by atoms with Gasteiger partial charge < -0.3 is 10.1 Å². The lowest BCUT2D eigenvalue weighted by Crippen LogP contribution is -2.44. The van der Waals surface area contributed by atoms with Crippen LogP contribution in [0.5, 0.6) is 0 Å². The van der Waals surface area contributed by atoms with Crippen molar-refractivity contribution in [2.45, 2.75) is 23.2 Å². The van der Waals surface area contributed by atoms with E-state index in [2.05, 4.69) is 22.1 Å². The highest BCUT2D eigenvalue weighted by atomic mass is 32.2. The van der Waals surface area contributed by atoms with Crippen molar-refractivity contribution >= 4 is 27.3 Å². The Balaban J connectivity index is 1.71. The predicted octanol–water partition coefficient (Wildman–Crippen LogP) is 2.48. The molecule has 1 aliphatic heterocycles. The van der Waals surface area contributed by atoms with Crippen LogP contribution in [0.3, 0.4) is 0 Å². The van der Waals surface area contributed by atoms with Crippen LogP contribution in [0.15, 0.2) is 46.0 Å². The minimum absolute atomic E-state index is 0.109. The molecule has 1 aromatic heterocycles. The molecule has 1 aromatic carbocycles. The molecule has 0 saturated carbocycles. The first kappa shape index (κ1) is 20.0. The zero-order valence-corrected chi connectivity index (χ0v) is 17.1. The van der Waals surface area contributed by atoms with Gasteiger partial charge in [0.2, 0.25) is 10.0 Å². The van der Waals surface area contributed by atoms with Crippen LogP contribution in [-0.4, -0.2) is 52.5 Å². The van der Waals surface area contributed by atoms with Gasteiger partial charge in [-0.05, 0) is 59.5 Å². The minimum atomic E-state index is -3.50. The number of benzene rings is 1. The van der Waals surface area contributed by atoms with Crippen molar-refractivity contribution in [2.24, 2.45) is 0 Å². The standard InChI is InChI=1S/C19H24N2O4S2/c1-21(2)27(23,24)17-5-3-15(4-6-17)18(22)20-14-19(8-10-25-11-9-19)16-7-12-26-13-16/h3-7,12-13H,8-11,14H2,1-2H3,(H,20,22). The number of amides is 1.